The van der Waals surface area contributed by atoms with Crippen LogP contribution in [0.4, 0.5) is 0 Å². The average Bonchev–Trinajstić information content (AvgIpc) is 2.60. The van der Waals surface area contributed by atoms with Gasteiger partial charge in [-0.1, -0.05) is 116 Å². The van der Waals surface area contributed by atoms with Gasteiger partial charge in [0.1, 0.15) is 0 Å². The second-order valence-electron chi connectivity index (χ2n) is 7.22. The van der Waals surface area contributed by atoms with Crippen LogP contribution in [0, 0.1) is 0 Å². The summed E-state index contributed by atoms with van der Waals surface area (Å²) in [4.78, 5) is 10.9. The highest BCUT2D eigenvalue weighted by atomic mass is 32.1. The molecule has 0 spiro atoms. The molecule has 0 atom stereocenters. The highest BCUT2D eigenvalue weighted by molar-refractivity contribution is 7.75. The summed E-state index contributed by atoms with van der Waals surface area (Å²) >= 11 is 3.50. The third-order valence-electron chi connectivity index (χ3n) is 4.84. The van der Waals surface area contributed by atoms with Gasteiger partial charge >= 0.3 is 5.97 Å². The summed E-state index contributed by atoms with van der Waals surface area (Å²) in [5.74, 6) is -0.199. The van der Waals surface area contributed by atoms with Gasteiger partial charge in [0.25, 0.3) is 0 Å². The van der Waals surface area contributed by atoms with Crippen LogP contribution in [0.15, 0.2) is 0 Å². The molecule has 0 aromatic heterocycles. The Morgan fingerprint density at radius 2 is 0.875 bits per heavy atom. The Hall–Kier alpha value is -0.180. The summed E-state index contributed by atoms with van der Waals surface area (Å²) in [5, 5.41) is 0. The van der Waals surface area contributed by atoms with Gasteiger partial charge in [0.15, 0.2) is 0 Å². The van der Waals surface area contributed by atoms with Gasteiger partial charge in [-0.2, -0.15) is 0 Å². The van der Waals surface area contributed by atoms with Crippen LogP contribution >= 0.6 is 12.9 Å². The quantitative estimate of drug-likeness (QED) is 0.145. The molecule has 3 heteroatoms. The lowest BCUT2D eigenvalue weighted by atomic mass is 10.0. The standard InChI is InChI=1S/C21H42O2S/c1-2-3-4-5-6-7-8-9-10-11-12-13-14-15-16-17-18-19-20-21(22)23-24/h24H,2-20H2,1H3. The van der Waals surface area contributed by atoms with E-state index >= 15 is 0 Å². The van der Waals surface area contributed by atoms with Crippen molar-refractivity contribution in [3.05, 3.63) is 0 Å². The Morgan fingerprint density at radius 1 is 0.583 bits per heavy atom. The number of rotatable bonds is 19. The van der Waals surface area contributed by atoms with Crippen molar-refractivity contribution >= 4 is 18.9 Å². The number of carbonyl (C=O) groups is 1. The Labute approximate surface area is 157 Å². The van der Waals surface area contributed by atoms with Crippen LogP contribution in [0.5, 0.6) is 0 Å². The summed E-state index contributed by atoms with van der Waals surface area (Å²) < 4.78 is 4.34. The number of carbonyl (C=O) groups excluding carboxylic acids is 1. The molecule has 0 aromatic carbocycles. The number of hydrogen-bond donors (Lipinski definition) is 1. The molecule has 0 aliphatic heterocycles. The maximum absolute atomic E-state index is 10.9. The predicted octanol–water partition coefficient (Wildman–Crippen LogP) is 7.81. The van der Waals surface area contributed by atoms with Crippen molar-refractivity contribution in [3.63, 3.8) is 0 Å². The normalized spacial score (nSPS) is 10.9. The third-order valence-corrected chi connectivity index (χ3v) is 5.04. The Balaban J connectivity index is 2.99. The number of thiol groups is 1. The molecular weight excluding hydrogens is 316 g/mol. The van der Waals surface area contributed by atoms with Crippen molar-refractivity contribution in [1.82, 2.24) is 0 Å². The summed E-state index contributed by atoms with van der Waals surface area (Å²) in [6.45, 7) is 2.28. The fraction of sp³-hybridized carbons (Fsp3) is 0.952. The van der Waals surface area contributed by atoms with Crippen LogP contribution in [0.1, 0.15) is 129 Å². The van der Waals surface area contributed by atoms with Crippen molar-refractivity contribution in [2.45, 2.75) is 129 Å². The lowest BCUT2D eigenvalue weighted by molar-refractivity contribution is -0.132. The van der Waals surface area contributed by atoms with Crippen LogP contribution in [0.25, 0.3) is 0 Å². The van der Waals surface area contributed by atoms with Crippen LogP contribution in [0.3, 0.4) is 0 Å². The van der Waals surface area contributed by atoms with Crippen molar-refractivity contribution in [1.29, 1.82) is 0 Å². The first-order valence-corrected chi connectivity index (χ1v) is 11.0. The van der Waals surface area contributed by atoms with E-state index in [9.17, 15) is 4.79 Å². The van der Waals surface area contributed by atoms with Crippen LogP contribution < -0.4 is 0 Å². The van der Waals surface area contributed by atoms with Gasteiger partial charge in [-0.15, -0.1) is 0 Å². The smallest absolute Gasteiger partial charge is 0.317 e. The van der Waals surface area contributed by atoms with E-state index in [-0.39, 0.29) is 5.97 Å². The molecule has 2 nitrogen and oxygen atoms in total. The van der Waals surface area contributed by atoms with Gasteiger partial charge in [0.2, 0.25) is 0 Å². The summed E-state index contributed by atoms with van der Waals surface area (Å²) in [7, 11) is 0. The molecule has 0 aliphatic carbocycles. The van der Waals surface area contributed by atoms with Gasteiger partial charge in [-0.25, -0.2) is 0 Å². The summed E-state index contributed by atoms with van der Waals surface area (Å²) in [5.41, 5.74) is 0. The first-order chi connectivity index (χ1) is 11.8. The third kappa shape index (κ3) is 19.9. The molecule has 0 unspecified atom stereocenters. The maximum atomic E-state index is 10.9. The second-order valence-corrected chi connectivity index (χ2v) is 7.41. The predicted molar refractivity (Wildman–Crippen MR) is 108 cm³/mol. The zero-order valence-corrected chi connectivity index (χ0v) is 17.1. The monoisotopic (exact) mass is 358 g/mol. The zero-order chi connectivity index (χ0) is 17.7. The van der Waals surface area contributed by atoms with Gasteiger partial charge in [0, 0.05) is 19.3 Å². The van der Waals surface area contributed by atoms with E-state index in [4.69, 9.17) is 0 Å². The largest absolute Gasteiger partial charge is 0.395 e. The molecule has 0 saturated heterocycles. The number of unbranched alkanes of at least 4 members (excludes halogenated alkanes) is 17. The van der Waals surface area contributed by atoms with Crippen molar-refractivity contribution in [2.24, 2.45) is 0 Å². The highest BCUT2D eigenvalue weighted by Crippen LogP contribution is 2.14. The molecule has 0 amide bonds. The van der Waals surface area contributed by atoms with Crippen molar-refractivity contribution < 1.29 is 8.98 Å². The average molecular weight is 359 g/mol. The SMILES string of the molecule is CCCCCCCCCCCCCCCCCCCCC(=O)OS. The Morgan fingerprint density at radius 3 is 1.17 bits per heavy atom. The minimum atomic E-state index is -0.199. The molecule has 0 fully saturated rings. The molecule has 0 bridgehead atoms. The van der Waals surface area contributed by atoms with Crippen LogP contribution in [0.2, 0.25) is 0 Å². The second kappa shape index (κ2) is 20.9. The molecule has 0 N–H and O–H groups in total. The van der Waals surface area contributed by atoms with Gasteiger partial charge in [-0.05, 0) is 6.42 Å². The topological polar surface area (TPSA) is 26.3 Å². The molecule has 0 radical (unpaired) electrons. The van der Waals surface area contributed by atoms with E-state index in [0.717, 1.165) is 12.8 Å². The first-order valence-electron chi connectivity index (χ1n) is 10.7. The zero-order valence-electron chi connectivity index (χ0n) is 16.2. The Kier molecular flexibility index (Phi) is 20.7. The molecule has 0 heterocycles. The van der Waals surface area contributed by atoms with Gasteiger partial charge in [0.05, 0.1) is 0 Å². The van der Waals surface area contributed by atoms with Crippen molar-refractivity contribution in [2.75, 3.05) is 0 Å². The molecule has 0 aromatic rings. The van der Waals surface area contributed by atoms with E-state index in [1.807, 2.05) is 0 Å². The molecule has 0 rings (SSSR count). The lowest BCUT2D eigenvalue weighted by Crippen LogP contribution is -1.95. The molecular formula is C21H42O2S. The molecule has 24 heavy (non-hydrogen) atoms. The van der Waals surface area contributed by atoms with Gasteiger partial charge < -0.3 is 4.18 Å². The van der Waals surface area contributed by atoms with E-state index in [1.54, 1.807) is 0 Å². The summed E-state index contributed by atoms with van der Waals surface area (Å²) in [6, 6.07) is 0. The minimum absolute atomic E-state index is 0.199. The number of hydrogen-bond acceptors (Lipinski definition) is 3. The van der Waals surface area contributed by atoms with Crippen LogP contribution in [-0.4, -0.2) is 5.97 Å². The molecule has 0 saturated carbocycles. The fourth-order valence-electron chi connectivity index (χ4n) is 3.22. The van der Waals surface area contributed by atoms with Crippen LogP contribution in [-0.2, 0) is 8.98 Å². The molecule has 0 aliphatic rings. The van der Waals surface area contributed by atoms with E-state index in [1.165, 1.54) is 103 Å². The Bertz CT molecular complexity index is 256. The van der Waals surface area contributed by atoms with Crippen molar-refractivity contribution in [3.8, 4) is 0 Å². The minimum Gasteiger partial charge on any atom is -0.395 e. The van der Waals surface area contributed by atoms with Gasteiger partial charge in [-0.3, -0.25) is 4.79 Å². The lowest BCUT2D eigenvalue weighted by Gasteiger charge is -2.03. The van der Waals surface area contributed by atoms with E-state index in [0.29, 0.717) is 6.42 Å². The maximum Gasteiger partial charge on any atom is 0.317 e. The summed E-state index contributed by atoms with van der Waals surface area (Å²) in [6.07, 6.45) is 25.1. The first kappa shape index (κ1) is 23.8. The van der Waals surface area contributed by atoms with E-state index in [2.05, 4.69) is 24.0 Å². The van der Waals surface area contributed by atoms with E-state index < -0.39 is 0 Å². The molecule has 144 valence electrons. The fourth-order valence-corrected chi connectivity index (χ4v) is 3.31. The highest BCUT2D eigenvalue weighted by Gasteiger charge is 1.99.